The minimum atomic E-state index is 0.207. The zero-order chi connectivity index (χ0) is 14.0. The molecule has 2 nitrogen and oxygen atoms in total. The Balaban J connectivity index is 1.81. The van der Waals surface area contributed by atoms with Crippen molar-refractivity contribution in [2.75, 3.05) is 13.7 Å². The quantitative estimate of drug-likeness (QED) is 0.784. The van der Waals surface area contributed by atoms with Crippen LogP contribution in [0.4, 0.5) is 0 Å². The molecule has 1 aromatic rings. The van der Waals surface area contributed by atoms with Gasteiger partial charge in [0.2, 0.25) is 0 Å². The lowest BCUT2D eigenvalue weighted by Crippen LogP contribution is -2.41. The van der Waals surface area contributed by atoms with Gasteiger partial charge in [0.15, 0.2) is 0 Å². The number of hydrogen-bond donors (Lipinski definition) is 1. The molecule has 1 aliphatic carbocycles. The first kappa shape index (κ1) is 14.8. The molecule has 0 amide bonds. The van der Waals surface area contributed by atoms with Gasteiger partial charge in [-0.1, -0.05) is 31.0 Å². The van der Waals surface area contributed by atoms with E-state index in [1.807, 2.05) is 0 Å². The van der Waals surface area contributed by atoms with E-state index in [1.54, 1.807) is 0 Å². The van der Waals surface area contributed by atoms with Gasteiger partial charge in [-0.3, -0.25) is 0 Å². The summed E-state index contributed by atoms with van der Waals surface area (Å²) in [4.78, 5) is 0. The normalized spacial score (nSPS) is 26.8. The summed E-state index contributed by atoms with van der Waals surface area (Å²) in [5.41, 5.74) is 1.66. The van der Waals surface area contributed by atoms with Crippen molar-refractivity contribution < 1.29 is 4.74 Å². The second-order valence-electron chi connectivity index (χ2n) is 6.28. The summed E-state index contributed by atoms with van der Waals surface area (Å²) in [6.07, 6.45) is 7.64. The lowest BCUT2D eigenvalue weighted by Gasteiger charge is -2.41. The van der Waals surface area contributed by atoms with Crippen molar-refractivity contribution >= 4 is 22.6 Å². The molecule has 0 radical (unpaired) electrons. The fourth-order valence-corrected chi connectivity index (χ4v) is 4.81. The van der Waals surface area contributed by atoms with E-state index < -0.39 is 0 Å². The standard InChI is InChI=1S/C17H24INO/c1-19-16(14-6-2-3-7-15(14)18)13-8-11-20-17(12-13)9-4-5-10-17/h2-3,6-7,13,16,19H,4-5,8-12H2,1H3. The topological polar surface area (TPSA) is 21.3 Å². The largest absolute Gasteiger partial charge is 0.375 e. The van der Waals surface area contributed by atoms with Crippen LogP contribution >= 0.6 is 22.6 Å². The molecular weight excluding hydrogens is 361 g/mol. The maximum Gasteiger partial charge on any atom is 0.0686 e. The number of hydrogen-bond acceptors (Lipinski definition) is 2. The third kappa shape index (κ3) is 2.90. The molecule has 1 heterocycles. The summed E-state index contributed by atoms with van der Waals surface area (Å²) < 4.78 is 7.56. The van der Waals surface area contributed by atoms with E-state index in [1.165, 1.54) is 47.7 Å². The summed E-state index contributed by atoms with van der Waals surface area (Å²) in [5, 5.41) is 3.57. The van der Waals surface area contributed by atoms with E-state index in [0.29, 0.717) is 12.0 Å². The molecule has 0 bridgehead atoms. The first-order valence-electron chi connectivity index (χ1n) is 7.80. The van der Waals surface area contributed by atoms with Gasteiger partial charge < -0.3 is 10.1 Å². The Hall–Kier alpha value is -0.130. The van der Waals surface area contributed by atoms with Crippen LogP contribution in [-0.4, -0.2) is 19.3 Å². The minimum Gasteiger partial charge on any atom is -0.375 e. The molecule has 2 aliphatic rings. The number of halogens is 1. The first-order chi connectivity index (χ1) is 9.74. The number of rotatable bonds is 3. The van der Waals surface area contributed by atoms with E-state index in [-0.39, 0.29) is 5.60 Å². The van der Waals surface area contributed by atoms with Gasteiger partial charge in [-0.15, -0.1) is 0 Å². The van der Waals surface area contributed by atoms with Crippen molar-refractivity contribution in [2.24, 2.45) is 5.92 Å². The Morgan fingerprint density at radius 1 is 1.30 bits per heavy atom. The predicted molar refractivity (Wildman–Crippen MR) is 90.8 cm³/mol. The van der Waals surface area contributed by atoms with Crippen molar-refractivity contribution in [2.45, 2.75) is 50.2 Å². The predicted octanol–water partition coefficient (Wildman–Crippen LogP) is 4.29. The smallest absolute Gasteiger partial charge is 0.0686 e. The minimum absolute atomic E-state index is 0.207. The van der Waals surface area contributed by atoms with Crippen LogP contribution in [0.1, 0.15) is 50.1 Å². The second kappa shape index (κ2) is 6.32. The molecular formula is C17H24INO. The first-order valence-corrected chi connectivity index (χ1v) is 8.88. The highest BCUT2D eigenvalue weighted by molar-refractivity contribution is 14.1. The van der Waals surface area contributed by atoms with Crippen LogP contribution in [-0.2, 0) is 4.74 Å². The lowest BCUT2D eigenvalue weighted by molar-refractivity contribution is -0.0979. The van der Waals surface area contributed by atoms with Crippen molar-refractivity contribution in [3.63, 3.8) is 0 Å². The van der Waals surface area contributed by atoms with Crippen LogP contribution in [0.25, 0.3) is 0 Å². The van der Waals surface area contributed by atoms with Gasteiger partial charge in [0.25, 0.3) is 0 Å². The maximum absolute atomic E-state index is 6.19. The molecule has 1 saturated carbocycles. The van der Waals surface area contributed by atoms with E-state index in [4.69, 9.17) is 4.74 Å². The fraction of sp³-hybridized carbons (Fsp3) is 0.647. The molecule has 110 valence electrons. The van der Waals surface area contributed by atoms with Crippen LogP contribution in [0.2, 0.25) is 0 Å². The van der Waals surface area contributed by atoms with E-state index in [0.717, 1.165) is 6.61 Å². The Labute approximate surface area is 135 Å². The Morgan fingerprint density at radius 2 is 2.05 bits per heavy atom. The summed E-state index contributed by atoms with van der Waals surface area (Å²) in [6, 6.07) is 9.24. The molecule has 2 fully saturated rings. The summed E-state index contributed by atoms with van der Waals surface area (Å²) >= 11 is 2.46. The monoisotopic (exact) mass is 385 g/mol. The van der Waals surface area contributed by atoms with Gasteiger partial charge >= 0.3 is 0 Å². The van der Waals surface area contributed by atoms with Crippen LogP contribution in [0.3, 0.4) is 0 Å². The Morgan fingerprint density at radius 3 is 2.75 bits per heavy atom. The third-order valence-corrected chi connectivity index (χ3v) is 6.05. The molecule has 20 heavy (non-hydrogen) atoms. The summed E-state index contributed by atoms with van der Waals surface area (Å²) in [6.45, 7) is 0.937. The Kier molecular flexibility index (Phi) is 4.68. The summed E-state index contributed by atoms with van der Waals surface area (Å²) in [7, 11) is 2.10. The van der Waals surface area contributed by atoms with E-state index >= 15 is 0 Å². The van der Waals surface area contributed by atoms with Gasteiger partial charge in [0, 0.05) is 16.2 Å². The molecule has 3 heteroatoms. The van der Waals surface area contributed by atoms with E-state index in [2.05, 4.69) is 59.2 Å². The third-order valence-electron chi connectivity index (χ3n) is 5.07. The molecule has 2 atom stereocenters. The maximum atomic E-state index is 6.19. The molecule has 1 spiro atoms. The van der Waals surface area contributed by atoms with Crippen LogP contribution < -0.4 is 5.32 Å². The SMILES string of the molecule is CNC(c1ccccc1I)C1CCOC2(CCCC2)C1. The van der Waals surface area contributed by atoms with Crippen LogP contribution in [0.5, 0.6) is 0 Å². The van der Waals surface area contributed by atoms with Gasteiger partial charge in [-0.25, -0.2) is 0 Å². The number of nitrogens with one attached hydrogen (secondary N) is 1. The van der Waals surface area contributed by atoms with Gasteiger partial charge in [-0.2, -0.15) is 0 Å². The highest BCUT2D eigenvalue weighted by atomic mass is 127. The van der Waals surface area contributed by atoms with Crippen molar-refractivity contribution in [1.82, 2.24) is 5.32 Å². The van der Waals surface area contributed by atoms with Crippen LogP contribution in [0, 0.1) is 9.49 Å². The number of ether oxygens (including phenoxy) is 1. The van der Waals surface area contributed by atoms with Crippen LogP contribution in [0.15, 0.2) is 24.3 Å². The highest BCUT2D eigenvalue weighted by Gasteiger charge is 2.42. The summed E-state index contributed by atoms with van der Waals surface area (Å²) in [5.74, 6) is 0.697. The number of benzene rings is 1. The molecule has 0 aromatic heterocycles. The molecule has 1 aromatic carbocycles. The van der Waals surface area contributed by atoms with Crippen molar-refractivity contribution in [3.8, 4) is 0 Å². The molecule has 1 N–H and O–H groups in total. The van der Waals surface area contributed by atoms with Gasteiger partial charge in [0.1, 0.15) is 0 Å². The molecule has 2 unspecified atom stereocenters. The molecule has 1 saturated heterocycles. The lowest BCUT2D eigenvalue weighted by atomic mass is 9.78. The second-order valence-corrected chi connectivity index (χ2v) is 7.44. The zero-order valence-corrected chi connectivity index (χ0v) is 14.4. The molecule has 1 aliphatic heterocycles. The average Bonchev–Trinajstić information content (AvgIpc) is 2.90. The molecule has 3 rings (SSSR count). The van der Waals surface area contributed by atoms with Crippen molar-refractivity contribution in [3.05, 3.63) is 33.4 Å². The average molecular weight is 385 g/mol. The zero-order valence-electron chi connectivity index (χ0n) is 12.2. The van der Waals surface area contributed by atoms with E-state index in [9.17, 15) is 0 Å². The van der Waals surface area contributed by atoms with Gasteiger partial charge in [-0.05, 0) is 72.9 Å². The van der Waals surface area contributed by atoms with Crippen molar-refractivity contribution in [1.29, 1.82) is 0 Å². The fourth-order valence-electron chi connectivity index (χ4n) is 4.09. The Bertz CT molecular complexity index is 456. The van der Waals surface area contributed by atoms with Gasteiger partial charge in [0.05, 0.1) is 5.60 Å². The highest BCUT2D eigenvalue weighted by Crippen LogP contribution is 2.45.